The summed E-state index contributed by atoms with van der Waals surface area (Å²) in [5, 5.41) is 15.6. The number of aromatic nitrogens is 1. The quantitative estimate of drug-likeness (QED) is 0.169. The zero-order chi connectivity index (χ0) is 26.0. The van der Waals surface area contributed by atoms with Gasteiger partial charge in [-0.15, -0.1) is 24.2 Å². The van der Waals surface area contributed by atoms with Crippen LogP contribution in [0.25, 0.3) is 0 Å². The minimum Gasteiger partial charge on any atom is -0.477 e. The van der Waals surface area contributed by atoms with Gasteiger partial charge in [-0.2, -0.15) is 0 Å². The van der Waals surface area contributed by atoms with Gasteiger partial charge < -0.3 is 25.7 Å². The SMILES string of the molecule is CON=C(C(=O)NC1C(=O)N2C(C(=O)O)=C(COC(=O)c3ccccc3)CS[C@H]12)c1nc(N)sc1Br.Cl. The highest BCUT2D eigenvalue weighted by Crippen LogP contribution is 2.40. The van der Waals surface area contributed by atoms with E-state index in [0.717, 1.165) is 16.2 Å². The fourth-order valence-corrected chi connectivity index (χ4v) is 6.22. The van der Waals surface area contributed by atoms with Gasteiger partial charge in [0.25, 0.3) is 11.8 Å². The van der Waals surface area contributed by atoms with Gasteiger partial charge in [0, 0.05) is 11.3 Å². The van der Waals surface area contributed by atoms with Crippen LogP contribution in [0.2, 0.25) is 0 Å². The number of rotatable bonds is 8. The van der Waals surface area contributed by atoms with E-state index in [1.807, 2.05) is 0 Å². The lowest BCUT2D eigenvalue weighted by molar-refractivity contribution is -0.150. The van der Waals surface area contributed by atoms with Gasteiger partial charge >= 0.3 is 11.9 Å². The second kappa shape index (κ2) is 11.9. The van der Waals surface area contributed by atoms with E-state index in [-0.39, 0.29) is 52.6 Å². The summed E-state index contributed by atoms with van der Waals surface area (Å²) in [7, 11) is 1.25. The van der Waals surface area contributed by atoms with Crippen LogP contribution in [0.5, 0.6) is 0 Å². The van der Waals surface area contributed by atoms with Crippen LogP contribution in [-0.2, 0) is 24.0 Å². The van der Waals surface area contributed by atoms with Crippen molar-refractivity contribution in [3.63, 3.8) is 0 Å². The van der Waals surface area contributed by atoms with Gasteiger partial charge in [-0.1, -0.05) is 34.7 Å². The van der Waals surface area contributed by atoms with Crippen LogP contribution in [-0.4, -0.2) is 75.3 Å². The Balaban J connectivity index is 0.00000380. The zero-order valence-electron chi connectivity index (χ0n) is 18.9. The third-order valence-electron chi connectivity index (χ3n) is 5.15. The molecular weight excluding hydrogens is 614 g/mol. The molecule has 1 aromatic heterocycles. The molecule has 1 fully saturated rings. The van der Waals surface area contributed by atoms with Crippen LogP contribution < -0.4 is 11.1 Å². The number of nitrogen functional groups attached to an aromatic ring is 1. The first-order valence-electron chi connectivity index (χ1n) is 10.2. The second-order valence-corrected chi connectivity index (χ2v) is 10.8. The van der Waals surface area contributed by atoms with E-state index < -0.39 is 35.2 Å². The highest BCUT2D eigenvalue weighted by atomic mass is 79.9. The Bertz CT molecular complexity index is 1300. The molecule has 0 aliphatic carbocycles. The molecule has 0 saturated carbocycles. The van der Waals surface area contributed by atoms with Crippen molar-refractivity contribution in [1.29, 1.82) is 0 Å². The number of esters is 1. The number of hydrogen-bond donors (Lipinski definition) is 3. The Morgan fingerprint density at radius 2 is 2.03 bits per heavy atom. The highest BCUT2D eigenvalue weighted by Gasteiger charge is 2.54. The van der Waals surface area contributed by atoms with Gasteiger partial charge in [0.2, 0.25) is 0 Å². The van der Waals surface area contributed by atoms with Crippen LogP contribution in [0.1, 0.15) is 16.1 Å². The molecule has 2 aliphatic rings. The van der Waals surface area contributed by atoms with Crippen molar-refractivity contribution in [1.82, 2.24) is 15.2 Å². The number of carbonyl (C=O) groups excluding carboxylic acids is 3. The molecule has 196 valence electrons. The number of oxime groups is 1. The second-order valence-electron chi connectivity index (χ2n) is 7.36. The summed E-state index contributed by atoms with van der Waals surface area (Å²) < 4.78 is 5.72. The largest absolute Gasteiger partial charge is 0.477 e. The lowest BCUT2D eigenvalue weighted by atomic mass is 10.0. The number of ether oxygens (including phenoxy) is 1. The monoisotopic (exact) mass is 631 g/mol. The predicted octanol–water partition coefficient (Wildman–Crippen LogP) is 1.86. The van der Waals surface area contributed by atoms with Crippen molar-refractivity contribution in [3.8, 4) is 0 Å². The summed E-state index contributed by atoms with van der Waals surface area (Å²) in [5.41, 5.74) is 5.96. The Morgan fingerprint density at radius 1 is 1.32 bits per heavy atom. The number of halogens is 2. The van der Waals surface area contributed by atoms with Crippen LogP contribution in [0.3, 0.4) is 0 Å². The third kappa shape index (κ3) is 5.74. The number of thioether (sulfide) groups is 1. The standard InChI is InChI=1S/C21H18BrN5O7S2.ClH/c1-33-26-12(11-15(22)36-21(23)25-11)16(28)24-13-17(29)27-14(19(30)31)10(8-35-18(13)27)7-34-20(32)9-5-3-2-4-6-9;/h2-6,13,18H,7-8H2,1H3,(H2,23,25)(H,24,28)(H,30,31);1H/t13?,18-;/m1./s1. The van der Waals surface area contributed by atoms with Crippen molar-refractivity contribution < 1.29 is 33.9 Å². The fraction of sp³-hybridized carbons (Fsp3) is 0.238. The average molecular weight is 633 g/mol. The molecule has 12 nitrogen and oxygen atoms in total. The number of nitrogens with one attached hydrogen (secondary N) is 1. The molecule has 0 radical (unpaired) electrons. The summed E-state index contributed by atoms with van der Waals surface area (Å²) in [4.78, 5) is 60.0. The number of β-lactam (4-membered cyclic amide) rings is 1. The molecule has 4 N–H and O–H groups in total. The van der Waals surface area contributed by atoms with E-state index in [1.54, 1.807) is 30.3 Å². The minimum absolute atomic E-state index is 0. The van der Waals surface area contributed by atoms with E-state index in [9.17, 15) is 24.3 Å². The number of hydrogen-bond acceptors (Lipinski definition) is 11. The number of carboxylic acids is 1. The Hall–Kier alpha value is -3.14. The number of nitrogens with zero attached hydrogens (tertiary/aromatic N) is 3. The van der Waals surface area contributed by atoms with Crippen LogP contribution >= 0.6 is 51.4 Å². The highest BCUT2D eigenvalue weighted by molar-refractivity contribution is 9.11. The summed E-state index contributed by atoms with van der Waals surface area (Å²) in [6, 6.07) is 7.25. The van der Waals surface area contributed by atoms with E-state index in [1.165, 1.54) is 18.9 Å². The molecule has 0 spiro atoms. The van der Waals surface area contributed by atoms with Gasteiger partial charge in [0.1, 0.15) is 40.3 Å². The molecule has 2 aromatic rings. The number of aliphatic carboxylic acids is 1. The van der Waals surface area contributed by atoms with Crippen LogP contribution in [0, 0.1) is 0 Å². The maximum atomic E-state index is 12.9. The number of benzene rings is 1. The van der Waals surface area contributed by atoms with E-state index in [0.29, 0.717) is 9.35 Å². The Labute approximate surface area is 232 Å². The molecule has 37 heavy (non-hydrogen) atoms. The number of anilines is 1. The van der Waals surface area contributed by atoms with Crippen molar-refractivity contribution in [2.24, 2.45) is 5.16 Å². The molecule has 2 amide bonds. The molecular formula is C21H19BrClN5O7S2. The van der Waals surface area contributed by atoms with Gasteiger partial charge in [-0.05, 0) is 28.1 Å². The van der Waals surface area contributed by atoms with E-state index in [4.69, 9.17) is 15.3 Å². The lowest BCUT2D eigenvalue weighted by Crippen LogP contribution is -2.71. The average Bonchev–Trinajstić information content (AvgIpc) is 3.20. The Morgan fingerprint density at radius 3 is 2.62 bits per heavy atom. The molecule has 1 aromatic carbocycles. The number of nitrogens with two attached hydrogens (primary N) is 1. The maximum Gasteiger partial charge on any atom is 0.352 e. The molecule has 0 bridgehead atoms. The summed E-state index contributed by atoms with van der Waals surface area (Å²) in [5.74, 6) is -3.15. The molecule has 2 atom stereocenters. The molecule has 2 aliphatic heterocycles. The summed E-state index contributed by atoms with van der Waals surface area (Å²) in [6.45, 7) is -0.292. The zero-order valence-corrected chi connectivity index (χ0v) is 22.9. The third-order valence-corrected chi connectivity index (χ3v) is 8.02. The number of thiazole rings is 1. The fourth-order valence-electron chi connectivity index (χ4n) is 3.56. The van der Waals surface area contributed by atoms with E-state index in [2.05, 4.69) is 31.4 Å². The van der Waals surface area contributed by atoms with Gasteiger partial charge in [0.05, 0.1) is 5.56 Å². The maximum absolute atomic E-state index is 12.9. The first-order valence-corrected chi connectivity index (χ1v) is 12.8. The number of amides is 2. The smallest absolute Gasteiger partial charge is 0.352 e. The van der Waals surface area contributed by atoms with Crippen molar-refractivity contribution in [3.05, 3.63) is 56.6 Å². The van der Waals surface area contributed by atoms with Crippen molar-refractivity contribution in [2.45, 2.75) is 11.4 Å². The van der Waals surface area contributed by atoms with Gasteiger partial charge in [-0.25, -0.2) is 14.6 Å². The molecule has 4 rings (SSSR count). The molecule has 16 heteroatoms. The minimum atomic E-state index is -1.34. The van der Waals surface area contributed by atoms with Crippen LogP contribution in [0.15, 0.2) is 50.5 Å². The van der Waals surface area contributed by atoms with Gasteiger partial charge in [-0.3, -0.25) is 14.5 Å². The summed E-state index contributed by atoms with van der Waals surface area (Å²) >= 11 is 5.59. The predicted molar refractivity (Wildman–Crippen MR) is 141 cm³/mol. The van der Waals surface area contributed by atoms with Crippen LogP contribution in [0.4, 0.5) is 5.13 Å². The lowest BCUT2D eigenvalue weighted by Gasteiger charge is -2.49. The first-order chi connectivity index (χ1) is 17.2. The van der Waals surface area contributed by atoms with Crippen molar-refractivity contribution >= 4 is 86.0 Å². The normalized spacial score (nSPS) is 18.8. The first kappa shape index (κ1) is 28.4. The Kier molecular flexibility index (Phi) is 9.17. The summed E-state index contributed by atoms with van der Waals surface area (Å²) in [6.07, 6.45) is 0. The van der Waals surface area contributed by atoms with E-state index >= 15 is 0 Å². The molecule has 1 saturated heterocycles. The van der Waals surface area contributed by atoms with Gasteiger partial charge in [0.15, 0.2) is 10.8 Å². The molecule has 1 unspecified atom stereocenters. The topological polar surface area (TPSA) is 174 Å². The van der Waals surface area contributed by atoms with Crippen molar-refractivity contribution in [2.75, 3.05) is 25.2 Å². The number of carboxylic acid groups (broad SMARTS) is 1. The number of carbonyl (C=O) groups is 4. The number of fused-ring (bicyclic) bond motifs is 1. The molecule has 3 heterocycles.